The molecular formula is C22H26N2O4S. The van der Waals surface area contributed by atoms with Crippen LogP contribution in [0, 0.1) is 20.8 Å². The van der Waals surface area contributed by atoms with E-state index in [0.29, 0.717) is 16.8 Å². The van der Waals surface area contributed by atoms with E-state index in [1.54, 1.807) is 25.4 Å². The zero-order valence-electron chi connectivity index (χ0n) is 17.3. The van der Waals surface area contributed by atoms with Crippen LogP contribution in [0.15, 0.2) is 47.5 Å². The van der Waals surface area contributed by atoms with E-state index in [-0.39, 0.29) is 6.04 Å². The molecule has 29 heavy (non-hydrogen) atoms. The summed E-state index contributed by atoms with van der Waals surface area (Å²) >= 11 is 0. The normalized spacial score (nSPS) is 13.2. The Balaban J connectivity index is 1.97. The van der Waals surface area contributed by atoms with Gasteiger partial charge in [0.05, 0.1) is 10.4 Å². The van der Waals surface area contributed by atoms with Gasteiger partial charge in [-0.05, 0) is 56.9 Å². The first-order valence-corrected chi connectivity index (χ1v) is 10.9. The van der Waals surface area contributed by atoms with Crippen molar-refractivity contribution in [2.24, 2.45) is 0 Å². The quantitative estimate of drug-likeness (QED) is 0.673. The van der Waals surface area contributed by atoms with Crippen molar-refractivity contribution in [3.8, 4) is 0 Å². The lowest BCUT2D eigenvalue weighted by Gasteiger charge is -2.26. The number of likely N-dealkylation sites (N-methyl/N-ethyl adjacent to an activating group) is 1. The van der Waals surface area contributed by atoms with Gasteiger partial charge in [-0.1, -0.05) is 35.9 Å². The van der Waals surface area contributed by atoms with Gasteiger partial charge in [0.1, 0.15) is 0 Å². The number of hydrogen-bond acceptors (Lipinski definition) is 3. The Morgan fingerprint density at radius 1 is 1.14 bits per heavy atom. The first-order valence-electron chi connectivity index (χ1n) is 9.42. The summed E-state index contributed by atoms with van der Waals surface area (Å²) in [4.78, 5) is 11.9. The van der Waals surface area contributed by atoms with Crippen molar-refractivity contribution in [3.05, 3.63) is 64.8 Å². The van der Waals surface area contributed by atoms with Gasteiger partial charge in [-0.15, -0.1) is 0 Å². The van der Waals surface area contributed by atoms with Crippen LogP contribution in [-0.4, -0.2) is 41.6 Å². The molecule has 0 radical (unpaired) electrons. The van der Waals surface area contributed by atoms with Gasteiger partial charge in [0.15, 0.2) is 0 Å². The highest BCUT2D eigenvalue weighted by molar-refractivity contribution is 7.89. The Bertz CT molecular complexity index is 1170. The molecule has 0 fully saturated rings. The molecule has 0 aliphatic rings. The monoisotopic (exact) mass is 414 g/mol. The maximum atomic E-state index is 13.3. The molecule has 0 spiro atoms. The lowest BCUT2D eigenvalue weighted by Crippen LogP contribution is -2.37. The lowest BCUT2D eigenvalue weighted by molar-refractivity contribution is 0.197. The Labute approximate surface area is 171 Å². The Morgan fingerprint density at radius 3 is 2.31 bits per heavy atom. The molecule has 3 aromatic rings. The molecule has 1 atom stereocenters. The number of para-hydroxylation sites is 1. The molecule has 1 heterocycles. The summed E-state index contributed by atoms with van der Waals surface area (Å²) in [6.45, 7) is 7.40. The number of aryl methyl sites for hydroxylation is 3. The fourth-order valence-electron chi connectivity index (χ4n) is 3.97. The van der Waals surface area contributed by atoms with Crippen LogP contribution in [-0.2, 0) is 16.4 Å². The van der Waals surface area contributed by atoms with Crippen molar-refractivity contribution in [1.29, 1.82) is 0 Å². The van der Waals surface area contributed by atoms with E-state index in [0.717, 1.165) is 27.6 Å². The second-order valence-electron chi connectivity index (χ2n) is 7.63. The van der Waals surface area contributed by atoms with Crippen LogP contribution in [0.5, 0.6) is 0 Å². The number of carboxylic acid groups (broad SMARTS) is 1. The van der Waals surface area contributed by atoms with E-state index in [4.69, 9.17) is 0 Å². The van der Waals surface area contributed by atoms with Gasteiger partial charge in [-0.25, -0.2) is 13.2 Å². The maximum absolute atomic E-state index is 13.3. The molecule has 0 amide bonds. The molecule has 1 unspecified atom stereocenters. The van der Waals surface area contributed by atoms with Gasteiger partial charge in [0.2, 0.25) is 10.0 Å². The van der Waals surface area contributed by atoms with Crippen molar-refractivity contribution >= 4 is 27.0 Å². The van der Waals surface area contributed by atoms with Gasteiger partial charge in [0, 0.05) is 24.7 Å². The van der Waals surface area contributed by atoms with Crippen LogP contribution < -0.4 is 0 Å². The predicted octanol–water partition coefficient (Wildman–Crippen LogP) is 4.34. The molecule has 0 saturated carbocycles. The molecule has 3 rings (SSSR count). The average Bonchev–Trinajstić information content (AvgIpc) is 2.99. The number of carbonyl (C=O) groups is 1. The number of aromatic nitrogens is 1. The zero-order valence-corrected chi connectivity index (χ0v) is 18.1. The number of sulfonamides is 1. The van der Waals surface area contributed by atoms with Gasteiger partial charge in [0.25, 0.3) is 0 Å². The average molecular weight is 415 g/mol. The maximum Gasteiger partial charge on any atom is 0.416 e. The summed E-state index contributed by atoms with van der Waals surface area (Å²) in [5.41, 5.74) is 3.87. The number of nitrogens with zero attached hydrogens (tertiary/aromatic N) is 2. The summed E-state index contributed by atoms with van der Waals surface area (Å²) in [6.07, 6.45) is 0.916. The molecule has 0 bridgehead atoms. The minimum absolute atomic E-state index is 0.338. The molecule has 1 aromatic heterocycles. The van der Waals surface area contributed by atoms with Crippen molar-refractivity contribution in [2.45, 2.75) is 45.1 Å². The minimum atomic E-state index is -3.69. The van der Waals surface area contributed by atoms with E-state index in [9.17, 15) is 18.3 Å². The van der Waals surface area contributed by atoms with Gasteiger partial charge in [-0.3, -0.25) is 4.57 Å². The standard InChI is InChI=1S/C22H26N2O4S/c1-14-10-15(2)21(16(3)11-14)29(27,28)23(5)17(4)12-18-13-24(22(25)26)20-9-7-6-8-19(18)20/h6-11,13,17H,12H2,1-5H3,(H,25,26). The smallest absolute Gasteiger partial charge is 0.416 e. The van der Waals surface area contributed by atoms with E-state index < -0.39 is 16.1 Å². The van der Waals surface area contributed by atoms with Crippen molar-refractivity contribution < 1.29 is 18.3 Å². The third kappa shape index (κ3) is 3.80. The molecule has 2 aromatic carbocycles. The fourth-order valence-corrected chi connectivity index (χ4v) is 5.74. The van der Waals surface area contributed by atoms with E-state index in [1.165, 1.54) is 8.87 Å². The largest absolute Gasteiger partial charge is 0.464 e. The minimum Gasteiger partial charge on any atom is -0.464 e. The molecule has 1 N–H and O–H groups in total. The van der Waals surface area contributed by atoms with Crippen LogP contribution in [0.1, 0.15) is 29.2 Å². The van der Waals surface area contributed by atoms with E-state index in [2.05, 4.69) is 0 Å². The second-order valence-corrected chi connectivity index (χ2v) is 9.56. The highest BCUT2D eigenvalue weighted by Crippen LogP contribution is 2.28. The number of hydrogen-bond donors (Lipinski definition) is 1. The fraction of sp³-hybridized carbons (Fsp3) is 0.318. The molecule has 0 aliphatic carbocycles. The Kier molecular flexibility index (Phi) is 5.56. The SMILES string of the molecule is Cc1cc(C)c(S(=O)(=O)N(C)C(C)Cc2cn(C(=O)O)c3ccccc23)c(C)c1. The summed E-state index contributed by atoms with van der Waals surface area (Å²) in [7, 11) is -2.11. The summed E-state index contributed by atoms with van der Waals surface area (Å²) < 4.78 is 29.2. The van der Waals surface area contributed by atoms with Crippen LogP contribution in [0.3, 0.4) is 0 Å². The number of benzene rings is 2. The molecular weight excluding hydrogens is 388 g/mol. The van der Waals surface area contributed by atoms with Gasteiger partial charge < -0.3 is 5.11 Å². The zero-order chi connectivity index (χ0) is 21.5. The van der Waals surface area contributed by atoms with Crippen molar-refractivity contribution in [2.75, 3.05) is 7.05 Å². The van der Waals surface area contributed by atoms with E-state index >= 15 is 0 Å². The Hall–Kier alpha value is -2.64. The highest BCUT2D eigenvalue weighted by Gasteiger charge is 2.29. The molecule has 154 valence electrons. The topological polar surface area (TPSA) is 79.6 Å². The van der Waals surface area contributed by atoms with Crippen LogP contribution >= 0.6 is 0 Å². The summed E-state index contributed by atoms with van der Waals surface area (Å²) in [6, 6.07) is 10.6. The third-order valence-electron chi connectivity index (χ3n) is 5.38. The Morgan fingerprint density at radius 2 is 1.72 bits per heavy atom. The van der Waals surface area contributed by atoms with Crippen LogP contribution in [0.4, 0.5) is 4.79 Å². The van der Waals surface area contributed by atoms with Gasteiger partial charge >= 0.3 is 6.09 Å². The van der Waals surface area contributed by atoms with Crippen LogP contribution in [0.25, 0.3) is 10.9 Å². The van der Waals surface area contributed by atoms with E-state index in [1.807, 2.05) is 52.0 Å². The van der Waals surface area contributed by atoms with Gasteiger partial charge in [-0.2, -0.15) is 4.31 Å². The first kappa shape index (κ1) is 21.1. The molecule has 6 nitrogen and oxygen atoms in total. The first-order chi connectivity index (χ1) is 13.5. The summed E-state index contributed by atoms with van der Waals surface area (Å²) in [5, 5.41) is 10.3. The lowest BCUT2D eigenvalue weighted by atomic mass is 10.1. The molecule has 0 saturated heterocycles. The molecule has 0 aliphatic heterocycles. The predicted molar refractivity (Wildman–Crippen MR) is 114 cm³/mol. The summed E-state index contributed by atoms with van der Waals surface area (Å²) in [5.74, 6) is 0. The van der Waals surface area contributed by atoms with Crippen molar-refractivity contribution in [3.63, 3.8) is 0 Å². The highest BCUT2D eigenvalue weighted by atomic mass is 32.2. The molecule has 7 heteroatoms. The third-order valence-corrected chi connectivity index (χ3v) is 7.66. The number of rotatable bonds is 5. The van der Waals surface area contributed by atoms with Crippen LogP contribution in [0.2, 0.25) is 0 Å². The second kappa shape index (κ2) is 7.65. The number of fused-ring (bicyclic) bond motifs is 1. The van der Waals surface area contributed by atoms with Crippen molar-refractivity contribution in [1.82, 2.24) is 8.87 Å².